The highest BCUT2D eigenvalue weighted by Crippen LogP contribution is 2.34. The SMILES string of the molecule is CC(C)(C)OC(=O)N1CCCC1C(=O)N1CCC(c2nc3ccccc3s2)CC1. The van der Waals surface area contributed by atoms with Crippen LogP contribution >= 0.6 is 11.3 Å². The molecule has 0 saturated carbocycles. The first-order chi connectivity index (χ1) is 13.8. The Morgan fingerprint density at radius 1 is 1.10 bits per heavy atom. The number of fused-ring (bicyclic) bond motifs is 1. The van der Waals surface area contributed by atoms with Crippen molar-refractivity contribution < 1.29 is 14.3 Å². The third-order valence-corrected chi connectivity index (χ3v) is 6.83. The van der Waals surface area contributed by atoms with Crippen molar-refractivity contribution in [1.29, 1.82) is 0 Å². The van der Waals surface area contributed by atoms with Gasteiger partial charge in [0.25, 0.3) is 0 Å². The summed E-state index contributed by atoms with van der Waals surface area (Å²) in [6.07, 6.45) is 3.03. The van der Waals surface area contributed by atoms with E-state index in [1.165, 1.54) is 9.71 Å². The minimum Gasteiger partial charge on any atom is -0.444 e. The number of aromatic nitrogens is 1. The van der Waals surface area contributed by atoms with E-state index < -0.39 is 5.60 Å². The van der Waals surface area contributed by atoms with Gasteiger partial charge in [-0.15, -0.1) is 11.3 Å². The number of benzene rings is 1. The predicted molar refractivity (Wildman–Crippen MR) is 114 cm³/mol. The number of hydrogen-bond acceptors (Lipinski definition) is 5. The van der Waals surface area contributed by atoms with Crippen LogP contribution in [0.5, 0.6) is 0 Å². The number of para-hydroxylation sites is 1. The molecule has 2 amide bonds. The minimum absolute atomic E-state index is 0.0658. The van der Waals surface area contributed by atoms with Crippen molar-refractivity contribution in [2.75, 3.05) is 19.6 Å². The summed E-state index contributed by atoms with van der Waals surface area (Å²) in [5, 5.41) is 1.18. The molecule has 1 aromatic carbocycles. The number of amides is 2. The van der Waals surface area contributed by atoms with Crippen LogP contribution in [0.25, 0.3) is 10.2 Å². The highest BCUT2D eigenvalue weighted by Gasteiger charge is 2.39. The van der Waals surface area contributed by atoms with E-state index in [-0.39, 0.29) is 18.0 Å². The summed E-state index contributed by atoms with van der Waals surface area (Å²) >= 11 is 1.76. The van der Waals surface area contributed by atoms with Gasteiger partial charge in [-0.2, -0.15) is 0 Å². The Labute approximate surface area is 175 Å². The number of carbonyl (C=O) groups excluding carboxylic acids is 2. The fourth-order valence-electron chi connectivity index (χ4n) is 4.18. The molecule has 0 aliphatic carbocycles. The first kappa shape index (κ1) is 20.1. The maximum Gasteiger partial charge on any atom is 0.410 e. The molecule has 0 spiro atoms. The molecule has 2 fully saturated rings. The van der Waals surface area contributed by atoms with Gasteiger partial charge in [-0.3, -0.25) is 9.69 Å². The lowest BCUT2D eigenvalue weighted by molar-refractivity contribution is -0.137. The molecule has 0 bridgehead atoms. The van der Waals surface area contributed by atoms with Gasteiger partial charge in [0.15, 0.2) is 0 Å². The zero-order valence-corrected chi connectivity index (χ0v) is 18.2. The number of likely N-dealkylation sites (tertiary alicyclic amines) is 2. The van der Waals surface area contributed by atoms with E-state index in [4.69, 9.17) is 9.72 Å². The van der Waals surface area contributed by atoms with Crippen LogP contribution in [0.4, 0.5) is 4.79 Å². The number of hydrogen-bond donors (Lipinski definition) is 0. The fourth-order valence-corrected chi connectivity index (χ4v) is 5.32. The Morgan fingerprint density at radius 2 is 1.83 bits per heavy atom. The number of carbonyl (C=O) groups is 2. The number of nitrogens with zero attached hydrogens (tertiary/aromatic N) is 3. The summed E-state index contributed by atoms with van der Waals surface area (Å²) < 4.78 is 6.72. The highest BCUT2D eigenvalue weighted by molar-refractivity contribution is 7.18. The standard InChI is InChI=1S/C22H29N3O3S/c1-22(2,3)28-21(27)25-12-6-8-17(25)20(26)24-13-10-15(11-14-24)19-23-16-7-4-5-9-18(16)29-19/h4-5,7,9,15,17H,6,8,10-14H2,1-3H3. The van der Waals surface area contributed by atoms with Gasteiger partial charge in [0.05, 0.1) is 15.2 Å². The molecule has 2 aliphatic rings. The van der Waals surface area contributed by atoms with Gasteiger partial charge < -0.3 is 9.64 Å². The van der Waals surface area contributed by atoms with E-state index in [9.17, 15) is 9.59 Å². The third kappa shape index (κ3) is 4.39. The third-order valence-electron chi connectivity index (χ3n) is 5.63. The van der Waals surface area contributed by atoms with E-state index in [1.54, 1.807) is 16.2 Å². The lowest BCUT2D eigenvalue weighted by atomic mass is 9.97. The van der Waals surface area contributed by atoms with E-state index in [1.807, 2.05) is 37.8 Å². The number of rotatable bonds is 2. The molecule has 1 unspecified atom stereocenters. The van der Waals surface area contributed by atoms with Crippen molar-refractivity contribution in [2.24, 2.45) is 0 Å². The van der Waals surface area contributed by atoms with E-state index >= 15 is 0 Å². The number of ether oxygens (including phenoxy) is 1. The maximum atomic E-state index is 13.1. The van der Waals surface area contributed by atoms with Crippen molar-refractivity contribution in [1.82, 2.24) is 14.8 Å². The topological polar surface area (TPSA) is 62.7 Å². The molecule has 0 radical (unpaired) electrons. The van der Waals surface area contributed by atoms with Gasteiger partial charge >= 0.3 is 6.09 Å². The molecule has 4 rings (SSSR count). The normalized spacial score (nSPS) is 21.0. The second kappa shape index (κ2) is 7.94. The van der Waals surface area contributed by atoms with Crippen LogP contribution in [-0.2, 0) is 9.53 Å². The van der Waals surface area contributed by atoms with Crippen LogP contribution in [0.2, 0.25) is 0 Å². The Kier molecular flexibility index (Phi) is 5.51. The molecular formula is C22H29N3O3S. The smallest absolute Gasteiger partial charge is 0.410 e. The van der Waals surface area contributed by atoms with Crippen LogP contribution in [0.15, 0.2) is 24.3 Å². The van der Waals surface area contributed by atoms with Gasteiger partial charge in [-0.1, -0.05) is 12.1 Å². The zero-order chi connectivity index (χ0) is 20.6. The molecule has 7 heteroatoms. The van der Waals surface area contributed by atoms with E-state index in [0.29, 0.717) is 12.5 Å². The zero-order valence-electron chi connectivity index (χ0n) is 17.4. The summed E-state index contributed by atoms with van der Waals surface area (Å²) in [4.78, 5) is 34.0. The van der Waals surface area contributed by atoms with Crippen LogP contribution in [0.1, 0.15) is 57.4 Å². The molecule has 3 heterocycles. The average molecular weight is 416 g/mol. The Balaban J connectivity index is 1.37. The van der Waals surface area contributed by atoms with Gasteiger partial charge in [-0.05, 0) is 58.6 Å². The van der Waals surface area contributed by atoms with Crippen molar-refractivity contribution >= 4 is 33.6 Å². The molecule has 29 heavy (non-hydrogen) atoms. The average Bonchev–Trinajstić information content (AvgIpc) is 3.33. The predicted octanol–water partition coefficient (Wildman–Crippen LogP) is 4.40. The Morgan fingerprint density at radius 3 is 2.52 bits per heavy atom. The molecule has 156 valence electrons. The summed E-state index contributed by atoms with van der Waals surface area (Å²) in [5.74, 6) is 0.470. The number of piperidine rings is 1. The Bertz CT molecular complexity index is 863. The van der Waals surface area contributed by atoms with Crippen molar-refractivity contribution in [2.45, 2.75) is 64.0 Å². The second-order valence-electron chi connectivity index (χ2n) is 8.95. The molecule has 0 N–H and O–H groups in total. The van der Waals surface area contributed by atoms with Crippen LogP contribution in [0, 0.1) is 0 Å². The van der Waals surface area contributed by atoms with Crippen molar-refractivity contribution in [3.63, 3.8) is 0 Å². The van der Waals surface area contributed by atoms with Gasteiger partial charge in [-0.25, -0.2) is 9.78 Å². The Hall–Kier alpha value is -2.15. The second-order valence-corrected chi connectivity index (χ2v) is 10.0. The van der Waals surface area contributed by atoms with Gasteiger partial charge in [0.1, 0.15) is 11.6 Å². The lowest BCUT2D eigenvalue weighted by Gasteiger charge is -2.35. The summed E-state index contributed by atoms with van der Waals surface area (Å²) in [5.41, 5.74) is 0.507. The van der Waals surface area contributed by atoms with E-state index in [0.717, 1.165) is 44.3 Å². The monoisotopic (exact) mass is 415 g/mol. The maximum absolute atomic E-state index is 13.1. The first-order valence-corrected chi connectivity index (χ1v) is 11.3. The van der Waals surface area contributed by atoms with E-state index in [2.05, 4.69) is 12.1 Å². The van der Waals surface area contributed by atoms with Gasteiger partial charge in [0, 0.05) is 25.6 Å². The molecule has 1 atom stereocenters. The number of thiazole rings is 1. The molecule has 1 aromatic heterocycles. The van der Waals surface area contributed by atoms with Crippen LogP contribution in [0.3, 0.4) is 0 Å². The summed E-state index contributed by atoms with van der Waals surface area (Å²) in [6, 6.07) is 7.85. The molecule has 6 nitrogen and oxygen atoms in total. The van der Waals surface area contributed by atoms with Gasteiger partial charge in [0.2, 0.25) is 5.91 Å². The summed E-state index contributed by atoms with van der Waals surface area (Å²) in [7, 11) is 0. The first-order valence-electron chi connectivity index (χ1n) is 10.5. The van der Waals surface area contributed by atoms with Crippen molar-refractivity contribution in [3.8, 4) is 0 Å². The van der Waals surface area contributed by atoms with Crippen LogP contribution in [-0.4, -0.2) is 58.1 Å². The molecular weight excluding hydrogens is 386 g/mol. The molecule has 2 aromatic rings. The molecule has 2 saturated heterocycles. The molecule has 2 aliphatic heterocycles. The fraction of sp³-hybridized carbons (Fsp3) is 0.591. The quantitative estimate of drug-likeness (QED) is 0.729. The lowest BCUT2D eigenvalue weighted by Crippen LogP contribution is -2.50. The van der Waals surface area contributed by atoms with Crippen LogP contribution < -0.4 is 0 Å². The highest BCUT2D eigenvalue weighted by atomic mass is 32.1. The summed E-state index contributed by atoms with van der Waals surface area (Å²) in [6.45, 7) is 7.59. The minimum atomic E-state index is -0.553. The largest absolute Gasteiger partial charge is 0.444 e. The van der Waals surface area contributed by atoms with Crippen molar-refractivity contribution in [3.05, 3.63) is 29.3 Å².